The number of hydrogen-bond donors (Lipinski definition) is 2. The van der Waals surface area contributed by atoms with Gasteiger partial charge in [0.05, 0.1) is 11.8 Å². The molecule has 0 unspecified atom stereocenters. The third kappa shape index (κ3) is 4.30. The molecule has 1 aliphatic carbocycles. The first-order valence-electron chi connectivity index (χ1n) is 11.5. The van der Waals surface area contributed by atoms with Gasteiger partial charge in [-0.1, -0.05) is 12.1 Å². The maximum atomic E-state index is 6.21. The second-order valence-electron chi connectivity index (χ2n) is 8.93. The van der Waals surface area contributed by atoms with Crippen LogP contribution in [0.5, 0.6) is 5.75 Å². The average Bonchev–Trinajstić information content (AvgIpc) is 3.47. The quantitative estimate of drug-likeness (QED) is 0.765. The molecular formula is C24H33N5O. The lowest BCUT2D eigenvalue weighted by molar-refractivity contribution is 0.208. The Morgan fingerprint density at radius 1 is 1.20 bits per heavy atom. The molecule has 0 bridgehead atoms. The minimum Gasteiger partial charge on any atom is -0.490 e. The van der Waals surface area contributed by atoms with Crippen LogP contribution in [-0.2, 0) is 19.5 Å². The summed E-state index contributed by atoms with van der Waals surface area (Å²) in [4.78, 5) is 12.4. The molecule has 2 aromatic rings. The van der Waals surface area contributed by atoms with Crippen molar-refractivity contribution in [1.82, 2.24) is 20.2 Å². The number of aromatic nitrogens is 2. The van der Waals surface area contributed by atoms with Crippen LogP contribution in [0.3, 0.4) is 0 Å². The van der Waals surface area contributed by atoms with Gasteiger partial charge < -0.3 is 15.4 Å². The lowest BCUT2D eigenvalue weighted by Gasteiger charge is -2.30. The summed E-state index contributed by atoms with van der Waals surface area (Å²) in [5.74, 6) is 3.47. The van der Waals surface area contributed by atoms with E-state index in [4.69, 9.17) is 14.7 Å². The van der Waals surface area contributed by atoms with E-state index in [1.54, 1.807) is 0 Å². The zero-order valence-corrected chi connectivity index (χ0v) is 18.0. The van der Waals surface area contributed by atoms with E-state index < -0.39 is 0 Å². The van der Waals surface area contributed by atoms with Gasteiger partial charge in [-0.15, -0.1) is 0 Å². The fourth-order valence-corrected chi connectivity index (χ4v) is 5.08. The summed E-state index contributed by atoms with van der Waals surface area (Å²) in [6.45, 7) is 4.89. The number of nitrogens with one attached hydrogen (secondary N) is 2. The molecule has 6 heteroatoms. The third-order valence-corrected chi connectivity index (χ3v) is 6.73. The van der Waals surface area contributed by atoms with Gasteiger partial charge in [0.15, 0.2) is 0 Å². The maximum Gasteiger partial charge on any atom is 0.135 e. The fourth-order valence-electron chi connectivity index (χ4n) is 5.08. The topological polar surface area (TPSA) is 62.3 Å². The van der Waals surface area contributed by atoms with Gasteiger partial charge in [0.25, 0.3) is 0 Å². The predicted octanol–water partition coefficient (Wildman–Crippen LogP) is 3.47. The van der Waals surface area contributed by atoms with Crippen molar-refractivity contribution in [3.8, 4) is 5.75 Å². The van der Waals surface area contributed by atoms with E-state index in [9.17, 15) is 0 Å². The molecule has 0 amide bonds. The predicted molar refractivity (Wildman–Crippen MR) is 119 cm³/mol. The molecular weight excluding hydrogens is 374 g/mol. The molecule has 0 radical (unpaired) electrons. The lowest BCUT2D eigenvalue weighted by atomic mass is 10.0. The largest absolute Gasteiger partial charge is 0.490 e. The number of nitrogens with zero attached hydrogens (tertiary/aromatic N) is 3. The molecule has 5 rings (SSSR count). The van der Waals surface area contributed by atoms with Crippen LogP contribution < -0.4 is 15.4 Å². The Morgan fingerprint density at radius 2 is 2.10 bits per heavy atom. The zero-order valence-electron chi connectivity index (χ0n) is 18.0. The van der Waals surface area contributed by atoms with E-state index in [-0.39, 0.29) is 0 Å². The monoisotopic (exact) mass is 407 g/mol. The Balaban J connectivity index is 1.30. The molecule has 2 N–H and O–H groups in total. The normalized spacial score (nSPS) is 22.2. The zero-order chi connectivity index (χ0) is 20.3. The van der Waals surface area contributed by atoms with Gasteiger partial charge in [0.2, 0.25) is 0 Å². The Bertz CT molecular complexity index is 874. The van der Waals surface area contributed by atoms with Crippen molar-refractivity contribution in [2.24, 2.45) is 0 Å². The van der Waals surface area contributed by atoms with Gasteiger partial charge in [-0.25, -0.2) is 9.97 Å². The lowest BCUT2D eigenvalue weighted by Crippen LogP contribution is -2.32. The number of benzene rings is 1. The summed E-state index contributed by atoms with van der Waals surface area (Å²) >= 11 is 0. The molecule has 1 aromatic heterocycles. The minimum atomic E-state index is 0.405. The first-order chi connectivity index (χ1) is 14.8. The number of rotatable bonds is 6. The summed E-state index contributed by atoms with van der Waals surface area (Å²) in [6, 6.07) is 8.67. The molecule has 2 fully saturated rings. The molecule has 1 atom stereocenters. The van der Waals surface area contributed by atoms with Crippen LogP contribution in [0.4, 0.5) is 5.82 Å². The average molecular weight is 408 g/mol. The van der Waals surface area contributed by atoms with Gasteiger partial charge in [0, 0.05) is 44.7 Å². The molecule has 3 heterocycles. The summed E-state index contributed by atoms with van der Waals surface area (Å²) in [7, 11) is 1.97. The molecule has 30 heavy (non-hydrogen) atoms. The standard InChI is InChI=1S/C24H33N5O/c1-25-24-21-10-12-29(16-22(21)27-23(28-24)18-9-11-26-14-18)15-17-5-4-8-20(13-17)30-19-6-2-3-7-19/h4-5,8,13,18-19,26H,2-3,6-7,9-12,14-16H2,1H3,(H,25,27,28)/t18-/m1/s1. The van der Waals surface area contributed by atoms with Crippen molar-refractivity contribution in [3.63, 3.8) is 0 Å². The Morgan fingerprint density at radius 3 is 2.90 bits per heavy atom. The number of ether oxygens (including phenoxy) is 1. The minimum absolute atomic E-state index is 0.405. The smallest absolute Gasteiger partial charge is 0.135 e. The molecule has 1 saturated carbocycles. The van der Waals surface area contributed by atoms with Crippen molar-refractivity contribution < 1.29 is 4.74 Å². The first kappa shape index (κ1) is 19.8. The van der Waals surface area contributed by atoms with Gasteiger partial charge in [-0.2, -0.15) is 0 Å². The summed E-state index contributed by atoms with van der Waals surface area (Å²) in [5.41, 5.74) is 3.81. The van der Waals surface area contributed by atoms with E-state index in [1.165, 1.54) is 42.5 Å². The number of hydrogen-bond acceptors (Lipinski definition) is 6. The van der Waals surface area contributed by atoms with Crippen molar-refractivity contribution in [2.75, 3.05) is 32.0 Å². The second-order valence-corrected chi connectivity index (χ2v) is 8.93. The first-order valence-corrected chi connectivity index (χ1v) is 11.5. The van der Waals surface area contributed by atoms with Gasteiger partial charge in [0.1, 0.15) is 17.4 Å². The van der Waals surface area contributed by atoms with E-state index in [0.717, 1.165) is 63.0 Å². The van der Waals surface area contributed by atoms with Crippen molar-refractivity contribution in [3.05, 3.63) is 46.9 Å². The molecule has 160 valence electrons. The maximum absolute atomic E-state index is 6.21. The highest BCUT2D eigenvalue weighted by molar-refractivity contribution is 5.48. The van der Waals surface area contributed by atoms with E-state index in [1.807, 2.05) is 7.05 Å². The van der Waals surface area contributed by atoms with Crippen LogP contribution in [-0.4, -0.2) is 47.7 Å². The Hall–Kier alpha value is -2.18. The Kier molecular flexibility index (Phi) is 5.86. The van der Waals surface area contributed by atoms with Crippen LogP contribution in [0.15, 0.2) is 24.3 Å². The highest BCUT2D eigenvalue weighted by Crippen LogP contribution is 2.29. The van der Waals surface area contributed by atoms with Gasteiger partial charge in [-0.3, -0.25) is 4.90 Å². The summed E-state index contributed by atoms with van der Waals surface area (Å²) in [6.07, 6.45) is 7.51. The molecule has 6 nitrogen and oxygen atoms in total. The molecule has 1 saturated heterocycles. The van der Waals surface area contributed by atoms with Crippen molar-refractivity contribution in [1.29, 1.82) is 0 Å². The third-order valence-electron chi connectivity index (χ3n) is 6.73. The fraction of sp³-hybridized carbons (Fsp3) is 0.583. The van der Waals surface area contributed by atoms with Crippen LogP contribution >= 0.6 is 0 Å². The Labute approximate surface area is 179 Å². The molecule has 3 aliphatic rings. The second kappa shape index (κ2) is 8.90. The molecule has 1 aromatic carbocycles. The van der Waals surface area contributed by atoms with Gasteiger partial charge in [-0.05, 0) is 62.8 Å². The van der Waals surface area contributed by atoms with Gasteiger partial charge >= 0.3 is 0 Å². The van der Waals surface area contributed by atoms with Crippen LogP contribution in [0.25, 0.3) is 0 Å². The van der Waals surface area contributed by atoms with Crippen LogP contribution in [0, 0.1) is 0 Å². The molecule has 2 aliphatic heterocycles. The molecule has 0 spiro atoms. The van der Waals surface area contributed by atoms with Crippen LogP contribution in [0.1, 0.15) is 60.7 Å². The van der Waals surface area contributed by atoms with E-state index in [0.29, 0.717) is 12.0 Å². The SMILES string of the molecule is CNc1nc([C@@H]2CCNC2)nc2c1CCN(Cc1cccc(OC3CCCC3)c1)C2. The summed E-state index contributed by atoms with van der Waals surface area (Å²) < 4.78 is 6.21. The van der Waals surface area contributed by atoms with Crippen LogP contribution in [0.2, 0.25) is 0 Å². The van der Waals surface area contributed by atoms with E-state index in [2.05, 4.69) is 39.8 Å². The highest BCUT2D eigenvalue weighted by atomic mass is 16.5. The number of anilines is 1. The summed E-state index contributed by atoms with van der Waals surface area (Å²) in [5, 5.41) is 6.76. The highest BCUT2D eigenvalue weighted by Gasteiger charge is 2.26. The van der Waals surface area contributed by atoms with Crippen molar-refractivity contribution >= 4 is 5.82 Å². The van der Waals surface area contributed by atoms with Crippen molar-refractivity contribution in [2.45, 2.75) is 63.6 Å². The van der Waals surface area contributed by atoms with E-state index >= 15 is 0 Å². The number of fused-ring (bicyclic) bond motifs is 1.